The molecule has 0 heterocycles. The van der Waals surface area contributed by atoms with Gasteiger partial charge in [0, 0.05) is 31.6 Å². The highest BCUT2D eigenvalue weighted by Gasteiger charge is 2.34. The highest BCUT2D eigenvalue weighted by Crippen LogP contribution is 2.37. The fourth-order valence-electron chi connectivity index (χ4n) is 4.67. The summed E-state index contributed by atoms with van der Waals surface area (Å²) < 4.78 is 59.8. The second kappa shape index (κ2) is 13.1. The lowest BCUT2D eigenvalue weighted by Gasteiger charge is -2.30. The van der Waals surface area contributed by atoms with E-state index in [9.17, 15) is 17.6 Å². The van der Waals surface area contributed by atoms with Crippen molar-refractivity contribution < 1.29 is 22.3 Å². The molecule has 4 rings (SSSR count). The van der Waals surface area contributed by atoms with E-state index >= 15 is 0 Å². The molecule has 0 radical (unpaired) electrons. The van der Waals surface area contributed by atoms with Crippen LogP contribution in [0.25, 0.3) is 0 Å². The smallest absolute Gasteiger partial charge is 0.417 e. The van der Waals surface area contributed by atoms with Crippen LogP contribution in [0.2, 0.25) is 5.02 Å². The van der Waals surface area contributed by atoms with Gasteiger partial charge in [-0.1, -0.05) is 78.4 Å². The molecule has 3 aromatic carbocycles. The van der Waals surface area contributed by atoms with Crippen molar-refractivity contribution in [2.24, 2.45) is 0 Å². The van der Waals surface area contributed by atoms with E-state index in [2.05, 4.69) is 35.3 Å². The molecule has 0 aliphatic heterocycles. The van der Waals surface area contributed by atoms with Crippen molar-refractivity contribution in [3.63, 3.8) is 0 Å². The second-order valence-corrected chi connectivity index (χ2v) is 9.70. The van der Waals surface area contributed by atoms with Crippen molar-refractivity contribution in [2.75, 3.05) is 19.7 Å². The topological polar surface area (TPSA) is 12.5 Å². The Balaban J connectivity index is 1.56. The van der Waals surface area contributed by atoms with E-state index in [1.165, 1.54) is 23.8 Å². The highest BCUT2D eigenvalue weighted by molar-refractivity contribution is 6.32. The number of rotatable bonds is 11. The lowest BCUT2D eigenvalue weighted by molar-refractivity contribution is -0.137. The second-order valence-electron chi connectivity index (χ2n) is 9.32. The fourth-order valence-corrected chi connectivity index (χ4v) is 4.96. The molecule has 0 fully saturated rings. The lowest BCUT2D eigenvalue weighted by atomic mass is 9.87. The number of hydrogen-bond donors (Lipinski definition) is 0. The molecular weight excluding hydrogens is 514 g/mol. The summed E-state index contributed by atoms with van der Waals surface area (Å²) >= 11 is 6.27. The van der Waals surface area contributed by atoms with E-state index in [0.29, 0.717) is 37.4 Å². The largest absolute Gasteiger partial charge is 0.493 e. The Hall–Kier alpha value is -3.09. The average Bonchev–Trinajstić information content (AvgIpc) is 2.91. The Morgan fingerprint density at radius 1 is 0.947 bits per heavy atom. The Labute approximate surface area is 226 Å². The molecule has 1 aliphatic rings. The van der Waals surface area contributed by atoms with E-state index in [1.807, 2.05) is 18.2 Å². The molecule has 0 N–H and O–H groups in total. The summed E-state index contributed by atoms with van der Waals surface area (Å²) in [6, 6.07) is 20.1. The van der Waals surface area contributed by atoms with Crippen molar-refractivity contribution in [1.29, 1.82) is 0 Å². The minimum absolute atomic E-state index is 0.0430. The van der Waals surface area contributed by atoms with Gasteiger partial charge < -0.3 is 4.74 Å². The predicted molar refractivity (Wildman–Crippen MR) is 144 cm³/mol. The molecular formula is C31H30ClF4NO. The number of allylic oxidation sites excluding steroid dienone is 3. The Morgan fingerprint density at radius 2 is 1.74 bits per heavy atom. The summed E-state index contributed by atoms with van der Waals surface area (Å²) in [4.78, 5) is 2.12. The molecule has 7 heteroatoms. The predicted octanol–water partition coefficient (Wildman–Crippen LogP) is 8.83. The maximum atomic E-state index is 13.5. The van der Waals surface area contributed by atoms with E-state index in [-0.39, 0.29) is 23.3 Å². The van der Waals surface area contributed by atoms with E-state index in [1.54, 1.807) is 18.2 Å². The first-order valence-corrected chi connectivity index (χ1v) is 13.1. The SMILES string of the molecule is Fc1cccc(OCCCN(Cc2cccc(C(F)(F)F)c2Cl)CC(C2=CCCC=C2)c2ccccc2)c1. The summed E-state index contributed by atoms with van der Waals surface area (Å²) in [6.07, 6.45) is 4.56. The first-order valence-electron chi connectivity index (χ1n) is 12.7. The summed E-state index contributed by atoms with van der Waals surface area (Å²) in [5.74, 6) is 0.112. The fraction of sp³-hybridized carbons (Fsp3) is 0.290. The van der Waals surface area contributed by atoms with Crippen molar-refractivity contribution >= 4 is 11.6 Å². The van der Waals surface area contributed by atoms with Crippen LogP contribution < -0.4 is 4.74 Å². The third-order valence-corrected chi connectivity index (χ3v) is 6.98. The van der Waals surface area contributed by atoms with Crippen LogP contribution in [0, 0.1) is 5.82 Å². The van der Waals surface area contributed by atoms with Gasteiger partial charge in [-0.25, -0.2) is 4.39 Å². The van der Waals surface area contributed by atoms with Gasteiger partial charge in [-0.2, -0.15) is 13.2 Å². The van der Waals surface area contributed by atoms with Crippen molar-refractivity contribution in [3.8, 4) is 5.75 Å². The summed E-state index contributed by atoms with van der Waals surface area (Å²) in [5, 5.41) is -0.269. The van der Waals surface area contributed by atoms with E-state index in [4.69, 9.17) is 16.3 Å². The van der Waals surface area contributed by atoms with Crippen LogP contribution >= 0.6 is 11.6 Å². The molecule has 1 aliphatic carbocycles. The number of benzene rings is 3. The monoisotopic (exact) mass is 543 g/mol. The molecule has 1 atom stereocenters. The van der Waals surface area contributed by atoms with Crippen LogP contribution in [0.4, 0.5) is 17.6 Å². The minimum atomic E-state index is -4.53. The van der Waals surface area contributed by atoms with Gasteiger partial charge >= 0.3 is 6.18 Å². The van der Waals surface area contributed by atoms with Gasteiger partial charge in [-0.3, -0.25) is 4.90 Å². The lowest BCUT2D eigenvalue weighted by Crippen LogP contribution is -2.31. The van der Waals surface area contributed by atoms with Crippen LogP contribution in [0.15, 0.2) is 96.6 Å². The molecule has 1 unspecified atom stereocenters. The molecule has 0 saturated carbocycles. The van der Waals surface area contributed by atoms with Crippen LogP contribution in [-0.2, 0) is 12.7 Å². The Morgan fingerprint density at radius 3 is 2.45 bits per heavy atom. The standard InChI is InChI=1S/C31H30ClF4NO/c32-30-25(14-7-17-29(30)31(34,35)36)21-37(18-9-19-38-27-16-8-15-26(33)20-27)22-28(23-10-3-1-4-11-23)24-12-5-2-6-13-24/h1,3-5,7-8,10-17,20,28H,2,6,9,18-19,21-22H2. The summed E-state index contributed by atoms with van der Waals surface area (Å²) in [7, 11) is 0. The molecule has 2 nitrogen and oxygen atoms in total. The van der Waals surface area contributed by atoms with Gasteiger partial charge in [0.15, 0.2) is 0 Å². The van der Waals surface area contributed by atoms with Gasteiger partial charge in [-0.15, -0.1) is 0 Å². The zero-order valence-corrected chi connectivity index (χ0v) is 21.7. The summed E-state index contributed by atoms with van der Waals surface area (Å²) in [5.41, 5.74) is 1.93. The molecule has 0 spiro atoms. The quantitative estimate of drug-likeness (QED) is 0.177. The first-order chi connectivity index (χ1) is 18.3. The number of hydrogen-bond acceptors (Lipinski definition) is 2. The maximum Gasteiger partial charge on any atom is 0.417 e. The van der Waals surface area contributed by atoms with Gasteiger partial charge in [0.05, 0.1) is 17.2 Å². The van der Waals surface area contributed by atoms with Crippen LogP contribution in [0.3, 0.4) is 0 Å². The molecule has 3 aromatic rings. The molecule has 0 aromatic heterocycles. The number of ether oxygens (including phenoxy) is 1. The Bertz CT molecular complexity index is 1260. The molecule has 0 bridgehead atoms. The highest BCUT2D eigenvalue weighted by atomic mass is 35.5. The summed E-state index contributed by atoms with van der Waals surface area (Å²) in [6.45, 7) is 1.74. The van der Waals surface area contributed by atoms with Crippen LogP contribution in [-0.4, -0.2) is 24.6 Å². The van der Waals surface area contributed by atoms with Gasteiger partial charge in [0.25, 0.3) is 0 Å². The van der Waals surface area contributed by atoms with E-state index < -0.39 is 11.7 Å². The van der Waals surface area contributed by atoms with Crippen molar-refractivity contribution in [1.82, 2.24) is 4.90 Å². The average molecular weight is 544 g/mol. The third-order valence-electron chi connectivity index (χ3n) is 6.53. The van der Waals surface area contributed by atoms with Gasteiger partial charge in [0.1, 0.15) is 11.6 Å². The molecule has 200 valence electrons. The van der Waals surface area contributed by atoms with Gasteiger partial charge in [0.2, 0.25) is 0 Å². The minimum Gasteiger partial charge on any atom is -0.493 e. The zero-order chi connectivity index (χ0) is 27.0. The van der Waals surface area contributed by atoms with Crippen LogP contribution in [0.5, 0.6) is 5.75 Å². The zero-order valence-electron chi connectivity index (χ0n) is 20.9. The van der Waals surface area contributed by atoms with Gasteiger partial charge in [-0.05, 0) is 54.2 Å². The van der Waals surface area contributed by atoms with Crippen molar-refractivity contribution in [3.05, 3.63) is 124 Å². The molecule has 0 amide bonds. The Kier molecular flexibility index (Phi) is 9.64. The van der Waals surface area contributed by atoms with Crippen LogP contribution in [0.1, 0.15) is 41.9 Å². The number of nitrogens with zero attached hydrogens (tertiary/aromatic N) is 1. The van der Waals surface area contributed by atoms with E-state index in [0.717, 1.165) is 24.5 Å². The van der Waals surface area contributed by atoms with Crippen molar-refractivity contribution in [2.45, 2.75) is 37.9 Å². The number of halogens is 5. The maximum absolute atomic E-state index is 13.5. The molecule has 0 saturated heterocycles. The first kappa shape index (κ1) is 27.9. The normalized spacial score (nSPS) is 14.4. The molecule has 38 heavy (non-hydrogen) atoms. The third kappa shape index (κ3) is 7.71. The number of alkyl halides is 3.